The third-order valence-corrected chi connectivity index (χ3v) is 4.30. The first-order chi connectivity index (χ1) is 13.5. The van der Waals surface area contributed by atoms with Crippen LogP contribution in [-0.2, 0) is 4.79 Å². The number of nitrogens with zero attached hydrogens (tertiary/aromatic N) is 4. The zero-order valence-electron chi connectivity index (χ0n) is 16.2. The van der Waals surface area contributed by atoms with Gasteiger partial charge in [0.25, 0.3) is 5.56 Å². The van der Waals surface area contributed by atoms with E-state index in [1.165, 1.54) is 7.11 Å². The van der Waals surface area contributed by atoms with Gasteiger partial charge in [-0.1, -0.05) is 6.08 Å². The number of aromatic amines is 1. The number of anilines is 1. The number of H-pyrrole nitrogens is 1. The fourth-order valence-electron chi connectivity index (χ4n) is 2.78. The molecule has 1 amide bonds. The van der Waals surface area contributed by atoms with Gasteiger partial charge in [-0.25, -0.2) is 4.98 Å². The Kier molecular flexibility index (Phi) is 6.05. The number of carbonyl (C=O) groups excluding carboxylic acids is 1. The largest absolute Gasteiger partial charge is 0.467 e. The quantitative estimate of drug-likeness (QED) is 0.673. The molecule has 1 fully saturated rings. The van der Waals surface area contributed by atoms with Gasteiger partial charge in [0.05, 0.1) is 18.8 Å². The van der Waals surface area contributed by atoms with Crippen LogP contribution in [0.25, 0.3) is 11.3 Å². The van der Waals surface area contributed by atoms with Crippen molar-refractivity contribution in [2.45, 2.75) is 6.04 Å². The molecular formula is C19H24N6O3. The number of amides is 1. The summed E-state index contributed by atoms with van der Waals surface area (Å²) in [6.07, 6.45) is 6.62. The van der Waals surface area contributed by atoms with Gasteiger partial charge in [0.2, 0.25) is 5.91 Å². The maximum absolute atomic E-state index is 12.2. The van der Waals surface area contributed by atoms with Crippen molar-refractivity contribution in [3.05, 3.63) is 47.0 Å². The standard InChI is InChI=1S/C19H24N6O3/c1-24(2)8-4-5-17(26)25-11-14(12-25)22-16-9-13(10-21-18(16)27)15-6-7-20-19(23-15)28-3/h4-7,9-10,14,22H,8,11-12H2,1-3H3,(H,21,27). The fourth-order valence-corrected chi connectivity index (χ4v) is 2.78. The van der Waals surface area contributed by atoms with E-state index in [0.717, 1.165) is 12.1 Å². The summed E-state index contributed by atoms with van der Waals surface area (Å²) in [6.45, 7) is 1.82. The van der Waals surface area contributed by atoms with Crippen LogP contribution in [0.3, 0.4) is 0 Å². The van der Waals surface area contributed by atoms with Crippen molar-refractivity contribution in [3.63, 3.8) is 0 Å². The molecule has 0 radical (unpaired) electrons. The Balaban J connectivity index is 1.62. The molecule has 2 aromatic heterocycles. The lowest BCUT2D eigenvalue weighted by Gasteiger charge is -2.39. The van der Waals surface area contributed by atoms with Gasteiger partial charge in [-0.2, -0.15) is 4.98 Å². The third-order valence-electron chi connectivity index (χ3n) is 4.30. The molecule has 1 saturated heterocycles. The molecule has 2 aromatic rings. The topological polar surface area (TPSA) is 103 Å². The predicted octanol–water partition coefficient (Wildman–Crippen LogP) is 0.581. The molecule has 2 N–H and O–H groups in total. The van der Waals surface area contributed by atoms with Gasteiger partial charge in [-0.15, -0.1) is 0 Å². The summed E-state index contributed by atoms with van der Waals surface area (Å²) in [6, 6.07) is 3.77. The predicted molar refractivity (Wildman–Crippen MR) is 106 cm³/mol. The number of pyridine rings is 1. The first-order valence-corrected chi connectivity index (χ1v) is 8.93. The Morgan fingerprint density at radius 1 is 1.46 bits per heavy atom. The van der Waals surface area contributed by atoms with Crippen LogP contribution in [0.15, 0.2) is 41.5 Å². The average molecular weight is 384 g/mol. The fraction of sp³-hybridized carbons (Fsp3) is 0.368. The van der Waals surface area contributed by atoms with Gasteiger partial charge in [-0.3, -0.25) is 9.59 Å². The summed E-state index contributed by atoms with van der Waals surface area (Å²) in [4.78, 5) is 38.9. The van der Waals surface area contributed by atoms with E-state index in [0.29, 0.717) is 24.5 Å². The molecule has 0 aromatic carbocycles. The second-order valence-electron chi connectivity index (χ2n) is 6.81. The molecule has 28 heavy (non-hydrogen) atoms. The first kappa shape index (κ1) is 19.6. The smallest absolute Gasteiger partial charge is 0.316 e. The Bertz CT molecular complexity index is 918. The lowest BCUT2D eigenvalue weighted by atomic mass is 10.1. The minimum absolute atomic E-state index is 0.0179. The van der Waals surface area contributed by atoms with E-state index in [1.807, 2.05) is 25.1 Å². The zero-order valence-corrected chi connectivity index (χ0v) is 16.2. The monoisotopic (exact) mass is 384 g/mol. The summed E-state index contributed by atoms with van der Waals surface area (Å²) in [5.74, 6) is -0.0179. The van der Waals surface area contributed by atoms with Gasteiger partial charge in [0.15, 0.2) is 0 Å². The number of carbonyl (C=O) groups is 1. The maximum atomic E-state index is 12.2. The van der Waals surface area contributed by atoms with Gasteiger partial charge in [0, 0.05) is 43.7 Å². The number of hydrogen-bond acceptors (Lipinski definition) is 7. The summed E-state index contributed by atoms with van der Waals surface area (Å²) in [5, 5.41) is 3.20. The van der Waals surface area contributed by atoms with Crippen LogP contribution >= 0.6 is 0 Å². The van der Waals surface area contributed by atoms with Crippen LogP contribution in [0.1, 0.15) is 0 Å². The lowest BCUT2D eigenvalue weighted by Crippen LogP contribution is -2.57. The van der Waals surface area contributed by atoms with E-state index in [9.17, 15) is 9.59 Å². The van der Waals surface area contributed by atoms with Crippen molar-refractivity contribution in [2.75, 3.05) is 46.2 Å². The number of methoxy groups -OCH3 is 1. The van der Waals surface area contributed by atoms with Gasteiger partial charge < -0.3 is 24.8 Å². The highest BCUT2D eigenvalue weighted by molar-refractivity contribution is 5.88. The molecule has 1 aliphatic rings. The summed E-state index contributed by atoms with van der Waals surface area (Å²) < 4.78 is 5.04. The van der Waals surface area contributed by atoms with Crippen molar-refractivity contribution >= 4 is 11.6 Å². The van der Waals surface area contributed by atoms with E-state index < -0.39 is 0 Å². The molecule has 3 heterocycles. The van der Waals surface area contributed by atoms with Crippen LogP contribution in [-0.4, -0.2) is 77.5 Å². The Hall–Kier alpha value is -3.20. The molecule has 0 atom stereocenters. The summed E-state index contributed by atoms with van der Waals surface area (Å²) in [7, 11) is 5.39. The molecule has 148 valence electrons. The Morgan fingerprint density at radius 3 is 2.96 bits per heavy atom. The molecule has 9 heteroatoms. The van der Waals surface area contributed by atoms with Crippen LogP contribution in [0, 0.1) is 0 Å². The lowest BCUT2D eigenvalue weighted by molar-refractivity contribution is -0.129. The van der Waals surface area contributed by atoms with Crippen molar-refractivity contribution in [3.8, 4) is 17.3 Å². The molecule has 0 aliphatic carbocycles. The highest BCUT2D eigenvalue weighted by atomic mass is 16.5. The Morgan fingerprint density at radius 2 is 2.25 bits per heavy atom. The molecule has 0 saturated carbocycles. The summed E-state index contributed by atoms with van der Waals surface area (Å²) >= 11 is 0. The SMILES string of the molecule is COc1nccc(-c2c[nH]c(=O)c(NC3CN(C(=O)C=CCN(C)C)C3)c2)n1. The van der Waals surface area contributed by atoms with Gasteiger partial charge >= 0.3 is 6.01 Å². The molecular weight excluding hydrogens is 360 g/mol. The molecule has 9 nitrogen and oxygen atoms in total. The number of likely N-dealkylation sites (N-methyl/N-ethyl adjacent to an activating group) is 1. The highest BCUT2D eigenvalue weighted by Crippen LogP contribution is 2.20. The molecule has 3 rings (SSSR count). The van der Waals surface area contributed by atoms with Crippen molar-refractivity contribution in [1.82, 2.24) is 24.8 Å². The van der Waals surface area contributed by atoms with E-state index in [2.05, 4.69) is 20.3 Å². The molecule has 0 bridgehead atoms. The minimum Gasteiger partial charge on any atom is -0.467 e. The second-order valence-corrected chi connectivity index (χ2v) is 6.81. The van der Waals surface area contributed by atoms with Gasteiger partial charge in [-0.05, 0) is 26.2 Å². The number of nitrogens with one attached hydrogen (secondary N) is 2. The van der Waals surface area contributed by atoms with Crippen molar-refractivity contribution in [2.24, 2.45) is 0 Å². The Labute approximate surface area is 163 Å². The average Bonchev–Trinajstić information content (AvgIpc) is 2.65. The molecule has 1 aliphatic heterocycles. The van der Waals surface area contributed by atoms with Crippen LogP contribution in [0.2, 0.25) is 0 Å². The normalized spacial score (nSPS) is 14.4. The van der Waals surface area contributed by atoms with Crippen molar-refractivity contribution in [1.29, 1.82) is 0 Å². The molecule has 0 spiro atoms. The first-order valence-electron chi connectivity index (χ1n) is 8.93. The van der Waals surface area contributed by atoms with E-state index in [1.54, 1.807) is 35.5 Å². The number of hydrogen-bond donors (Lipinski definition) is 2. The van der Waals surface area contributed by atoms with Crippen LogP contribution in [0.5, 0.6) is 6.01 Å². The zero-order chi connectivity index (χ0) is 20.1. The maximum Gasteiger partial charge on any atom is 0.316 e. The number of rotatable bonds is 7. The minimum atomic E-state index is -0.222. The molecule has 0 unspecified atom stereocenters. The van der Waals surface area contributed by atoms with E-state index in [4.69, 9.17) is 4.74 Å². The third kappa shape index (κ3) is 4.74. The number of likely N-dealkylation sites (tertiary alicyclic amines) is 1. The number of aromatic nitrogens is 3. The van der Waals surface area contributed by atoms with Crippen molar-refractivity contribution < 1.29 is 9.53 Å². The second kappa shape index (κ2) is 8.66. The number of ether oxygens (including phenoxy) is 1. The summed E-state index contributed by atoms with van der Waals surface area (Å²) in [5.41, 5.74) is 1.60. The van der Waals surface area contributed by atoms with Crippen LogP contribution < -0.4 is 15.6 Å². The van der Waals surface area contributed by atoms with E-state index >= 15 is 0 Å². The van der Waals surface area contributed by atoms with Gasteiger partial charge in [0.1, 0.15) is 5.69 Å². The van der Waals surface area contributed by atoms with E-state index in [-0.39, 0.29) is 23.5 Å². The van der Waals surface area contributed by atoms with Crippen LogP contribution in [0.4, 0.5) is 5.69 Å². The highest BCUT2D eigenvalue weighted by Gasteiger charge is 2.29.